The highest BCUT2D eigenvalue weighted by Crippen LogP contribution is 2.22. The number of benzene rings is 1. The SMILES string of the molecule is Cn1ncc2c(Cl)nc(CSCc3ccccc3)nc21. The zero-order valence-corrected chi connectivity index (χ0v) is 12.5. The average molecular weight is 305 g/mol. The number of rotatable bonds is 4. The maximum atomic E-state index is 6.16. The first-order valence-electron chi connectivity index (χ1n) is 6.20. The molecule has 0 fully saturated rings. The molecule has 6 heteroatoms. The molecule has 3 aromatic rings. The predicted octanol–water partition coefficient (Wildman–Crippen LogP) is 3.45. The van der Waals surface area contributed by atoms with Crippen LogP contribution in [0.1, 0.15) is 11.4 Å². The van der Waals surface area contributed by atoms with Crippen molar-refractivity contribution in [1.82, 2.24) is 19.7 Å². The molecule has 0 radical (unpaired) electrons. The van der Waals surface area contributed by atoms with Gasteiger partial charge in [-0.1, -0.05) is 41.9 Å². The number of aromatic nitrogens is 4. The molecule has 2 aromatic heterocycles. The van der Waals surface area contributed by atoms with Crippen LogP contribution in [0.4, 0.5) is 0 Å². The lowest BCUT2D eigenvalue weighted by molar-refractivity contribution is 0.782. The third-order valence-electron chi connectivity index (χ3n) is 2.93. The van der Waals surface area contributed by atoms with Crippen LogP contribution in [0, 0.1) is 0 Å². The smallest absolute Gasteiger partial charge is 0.162 e. The number of hydrogen-bond acceptors (Lipinski definition) is 4. The molecule has 3 rings (SSSR count). The standard InChI is InChI=1S/C14H13ClN4S/c1-19-14-11(7-16-19)13(15)17-12(18-14)9-20-8-10-5-3-2-4-6-10/h2-7H,8-9H2,1H3. The van der Waals surface area contributed by atoms with Crippen LogP contribution in [0.15, 0.2) is 36.5 Å². The van der Waals surface area contributed by atoms with Crippen LogP contribution in [0.2, 0.25) is 5.15 Å². The number of nitrogens with zero attached hydrogens (tertiary/aromatic N) is 4. The second-order valence-electron chi connectivity index (χ2n) is 4.41. The van der Waals surface area contributed by atoms with Crippen LogP contribution >= 0.6 is 23.4 Å². The summed E-state index contributed by atoms with van der Waals surface area (Å²) in [5.74, 6) is 2.41. The number of halogens is 1. The van der Waals surface area contributed by atoms with Crippen molar-refractivity contribution >= 4 is 34.4 Å². The second kappa shape index (κ2) is 5.81. The Morgan fingerprint density at radius 2 is 1.95 bits per heavy atom. The van der Waals surface area contributed by atoms with Crippen LogP contribution in [0.5, 0.6) is 0 Å². The van der Waals surface area contributed by atoms with Gasteiger partial charge in [-0.25, -0.2) is 9.97 Å². The topological polar surface area (TPSA) is 43.6 Å². The number of thioether (sulfide) groups is 1. The van der Waals surface area contributed by atoms with Crippen molar-refractivity contribution in [2.45, 2.75) is 11.5 Å². The Kier molecular flexibility index (Phi) is 3.89. The maximum Gasteiger partial charge on any atom is 0.162 e. The molecule has 0 N–H and O–H groups in total. The third-order valence-corrected chi connectivity index (χ3v) is 4.22. The van der Waals surface area contributed by atoms with Gasteiger partial charge < -0.3 is 0 Å². The van der Waals surface area contributed by atoms with E-state index in [1.54, 1.807) is 22.6 Å². The van der Waals surface area contributed by atoms with E-state index in [1.807, 2.05) is 25.2 Å². The van der Waals surface area contributed by atoms with E-state index in [-0.39, 0.29) is 0 Å². The summed E-state index contributed by atoms with van der Waals surface area (Å²) in [4.78, 5) is 8.84. The molecule has 0 saturated carbocycles. The van der Waals surface area contributed by atoms with Gasteiger partial charge in [0.1, 0.15) is 11.0 Å². The van der Waals surface area contributed by atoms with Crippen LogP contribution in [-0.2, 0) is 18.6 Å². The van der Waals surface area contributed by atoms with Gasteiger partial charge in [-0.3, -0.25) is 4.68 Å². The minimum Gasteiger partial charge on any atom is -0.250 e. The van der Waals surface area contributed by atoms with Crippen molar-refractivity contribution in [1.29, 1.82) is 0 Å². The Hall–Kier alpha value is -1.59. The minimum atomic E-state index is 0.471. The first-order valence-corrected chi connectivity index (χ1v) is 7.73. The Morgan fingerprint density at radius 3 is 2.75 bits per heavy atom. The highest BCUT2D eigenvalue weighted by molar-refractivity contribution is 7.97. The summed E-state index contributed by atoms with van der Waals surface area (Å²) in [5.41, 5.74) is 2.07. The van der Waals surface area contributed by atoms with Crippen molar-refractivity contribution in [2.75, 3.05) is 0 Å². The zero-order valence-electron chi connectivity index (χ0n) is 11.0. The lowest BCUT2D eigenvalue weighted by Gasteiger charge is -2.03. The molecule has 0 spiro atoms. The summed E-state index contributed by atoms with van der Waals surface area (Å²) in [6, 6.07) is 10.3. The number of fused-ring (bicyclic) bond motifs is 1. The Bertz CT molecular complexity index is 727. The molecule has 2 heterocycles. The summed E-state index contributed by atoms with van der Waals surface area (Å²) >= 11 is 7.93. The van der Waals surface area contributed by atoms with Crippen molar-refractivity contribution in [3.05, 3.63) is 53.1 Å². The van der Waals surface area contributed by atoms with Crippen molar-refractivity contribution in [2.24, 2.45) is 7.05 Å². The second-order valence-corrected chi connectivity index (χ2v) is 5.76. The summed E-state index contributed by atoms with van der Waals surface area (Å²) in [5, 5.41) is 5.42. The van der Waals surface area contributed by atoms with Crippen LogP contribution in [-0.4, -0.2) is 19.7 Å². The monoisotopic (exact) mass is 304 g/mol. The van der Waals surface area contributed by atoms with Crippen molar-refractivity contribution in [3.8, 4) is 0 Å². The molecule has 0 amide bonds. The molecule has 0 atom stereocenters. The lowest BCUT2D eigenvalue weighted by atomic mass is 10.2. The zero-order chi connectivity index (χ0) is 13.9. The summed E-state index contributed by atoms with van der Waals surface area (Å²) in [6.45, 7) is 0. The molecule has 102 valence electrons. The lowest BCUT2D eigenvalue weighted by Crippen LogP contribution is -1.98. The van der Waals surface area contributed by atoms with E-state index in [9.17, 15) is 0 Å². The average Bonchev–Trinajstić information content (AvgIpc) is 2.82. The van der Waals surface area contributed by atoms with Gasteiger partial charge in [-0.05, 0) is 5.56 Å². The van der Waals surface area contributed by atoms with Crippen molar-refractivity contribution in [3.63, 3.8) is 0 Å². The van der Waals surface area contributed by atoms with E-state index < -0.39 is 0 Å². The molecule has 20 heavy (non-hydrogen) atoms. The molecule has 1 aromatic carbocycles. The van der Waals surface area contributed by atoms with E-state index >= 15 is 0 Å². The first kappa shape index (κ1) is 13.4. The van der Waals surface area contributed by atoms with Gasteiger partial charge in [-0.2, -0.15) is 5.10 Å². The number of hydrogen-bond donors (Lipinski definition) is 0. The first-order chi connectivity index (χ1) is 9.74. The van der Waals surface area contributed by atoms with E-state index in [0.717, 1.165) is 28.4 Å². The van der Waals surface area contributed by atoms with Crippen molar-refractivity contribution < 1.29 is 0 Å². The van der Waals surface area contributed by atoms with Gasteiger partial charge in [-0.15, -0.1) is 11.8 Å². The van der Waals surface area contributed by atoms with Crippen LogP contribution in [0.25, 0.3) is 11.0 Å². The van der Waals surface area contributed by atoms with Gasteiger partial charge in [0.2, 0.25) is 0 Å². The van der Waals surface area contributed by atoms with E-state index in [1.165, 1.54) is 5.56 Å². The maximum absolute atomic E-state index is 6.16. The van der Waals surface area contributed by atoms with Crippen LogP contribution < -0.4 is 0 Å². The number of aryl methyl sites for hydroxylation is 1. The molecule has 0 bridgehead atoms. The molecule has 0 unspecified atom stereocenters. The minimum absolute atomic E-state index is 0.471. The van der Waals surface area contributed by atoms with E-state index in [4.69, 9.17) is 11.6 Å². The Labute approximate surface area is 126 Å². The molecule has 0 aliphatic heterocycles. The largest absolute Gasteiger partial charge is 0.250 e. The molecule has 0 saturated heterocycles. The van der Waals surface area contributed by atoms with Gasteiger partial charge in [0.05, 0.1) is 17.3 Å². The molecule has 0 aliphatic rings. The van der Waals surface area contributed by atoms with Gasteiger partial charge in [0.25, 0.3) is 0 Å². The molecular weight excluding hydrogens is 292 g/mol. The fourth-order valence-electron chi connectivity index (χ4n) is 1.93. The fraction of sp³-hybridized carbons (Fsp3) is 0.214. The highest BCUT2D eigenvalue weighted by Gasteiger charge is 2.09. The summed E-state index contributed by atoms with van der Waals surface area (Å²) < 4.78 is 1.72. The van der Waals surface area contributed by atoms with E-state index in [0.29, 0.717) is 5.15 Å². The van der Waals surface area contributed by atoms with Gasteiger partial charge in [0, 0.05) is 12.8 Å². The summed E-state index contributed by atoms with van der Waals surface area (Å²) in [6.07, 6.45) is 1.69. The van der Waals surface area contributed by atoms with Gasteiger partial charge >= 0.3 is 0 Å². The van der Waals surface area contributed by atoms with Crippen LogP contribution in [0.3, 0.4) is 0 Å². The fourth-order valence-corrected chi connectivity index (χ4v) is 3.00. The summed E-state index contributed by atoms with van der Waals surface area (Å²) in [7, 11) is 1.85. The molecular formula is C14H13ClN4S. The van der Waals surface area contributed by atoms with Gasteiger partial charge in [0.15, 0.2) is 5.65 Å². The normalized spacial score (nSPS) is 11.1. The third kappa shape index (κ3) is 2.78. The molecule has 0 aliphatic carbocycles. The Balaban J connectivity index is 1.73. The quantitative estimate of drug-likeness (QED) is 0.692. The highest BCUT2D eigenvalue weighted by atomic mass is 35.5. The van der Waals surface area contributed by atoms with E-state index in [2.05, 4.69) is 27.2 Å². The molecule has 4 nitrogen and oxygen atoms in total. The predicted molar refractivity (Wildman–Crippen MR) is 82.8 cm³/mol. The Morgan fingerprint density at radius 1 is 1.15 bits per heavy atom.